The zero-order chi connectivity index (χ0) is 19.8. The van der Waals surface area contributed by atoms with Crippen molar-refractivity contribution in [2.24, 2.45) is 0 Å². The lowest BCUT2D eigenvalue weighted by Crippen LogP contribution is -2.55. The molecule has 4 rings (SSSR count). The Bertz CT molecular complexity index is 1050. The van der Waals surface area contributed by atoms with Crippen LogP contribution in [0.5, 0.6) is 0 Å². The van der Waals surface area contributed by atoms with Crippen LogP contribution in [0.25, 0.3) is 28.6 Å². The van der Waals surface area contributed by atoms with Gasteiger partial charge in [-0.2, -0.15) is 0 Å². The van der Waals surface area contributed by atoms with Gasteiger partial charge in [0.2, 0.25) is 0 Å². The topological polar surface area (TPSA) is 66.9 Å². The SMILES string of the molecule is CCN1C(=O)C(=Cc2cc3oc(-c4ccccc4)cc3o2)C(=O)N(CC)C1=S. The molecule has 0 unspecified atom stereocenters. The fourth-order valence-electron chi connectivity index (χ4n) is 3.20. The Labute approximate surface area is 167 Å². The zero-order valence-electron chi connectivity index (χ0n) is 15.5. The zero-order valence-corrected chi connectivity index (χ0v) is 16.3. The molecule has 0 bridgehead atoms. The summed E-state index contributed by atoms with van der Waals surface area (Å²) in [5, 5.41) is 0.234. The van der Waals surface area contributed by atoms with Gasteiger partial charge >= 0.3 is 0 Å². The average molecular weight is 394 g/mol. The van der Waals surface area contributed by atoms with Gasteiger partial charge in [-0.15, -0.1) is 0 Å². The number of furan rings is 2. The molecule has 3 heterocycles. The average Bonchev–Trinajstić information content (AvgIpc) is 3.25. The van der Waals surface area contributed by atoms with Gasteiger partial charge in [0.15, 0.2) is 16.3 Å². The maximum Gasteiger partial charge on any atom is 0.265 e. The number of amides is 2. The fourth-order valence-corrected chi connectivity index (χ4v) is 3.62. The van der Waals surface area contributed by atoms with Crippen molar-refractivity contribution < 1.29 is 18.4 Å². The standard InChI is InChI=1S/C21H18N2O4S/c1-3-22-19(24)15(20(25)23(4-2)21(22)28)10-14-11-17-18(26-14)12-16(27-17)13-8-6-5-7-9-13/h5-12H,3-4H2,1-2H3. The second-order valence-electron chi connectivity index (χ2n) is 6.29. The first-order valence-electron chi connectivity index (χ1n) is 9.01. The third-order valence-electron chi connectivity index (χ3n) is 4.62. The van der Waals surface area contributed by atoms with Gasteiger partial charge in [-0.25, -0.2) is 0 Å². The van der Waals surface area contributed by atoms with E-state index in [4.69, 9.17) is 21.1 Å². The predicted molar refractivity (Wildman–Crippen MR) is 109 cm³/mol. The maximum atomic E-state index is 12.7. The molecular weight excluding hydrogens is 376 g/mol. The molecule has 1 aliphatic rings. The first kappa shape index (κ1) is 18.2. The Morgan fingerprint density at radius 1 is 0.929 bits per heavy atom. The molecule has 1 aromatic carbocycles. The van der Waals surface area contributed by atoms with Crippen LogP contribution in [0.2, 0.25) is 0 Å². The Morgan fingerprint density at radius 3 is 2.11 bits per heavy atom. The summed E-state index contributed by atoms with van der Waals surface area (Å²) in [7, 11) is 0. The Morgan fingerprint density at radius 2 is 1.54 bits per heavy atom. The monoisotopic (exact) mass is 394 g/mol. The highest BCUT2D eigenvalue weighted by molar-refractivity contribution is 7.80. The number of fused-ring (bicyclic) bond motifs is 1. The first-order valence-corrected chi connectivity index (χ1v) is 9.42. The van der Waals surface area contributed by atoms with Gasteiger partial charge in [-0.05, 0) is 32.1 Å². The van der Waals surface area contributed by atoms with Gasteiger partial charge in [-0.3, -0.25) is 19.4 Å². The van der Waals surface area contributed by atoms with E-state index in [0.717, 1.165) is 5.56 Å². The third kappa shape index (κ3) is 2.93. The molecule has 2 amide bonds. The van der Waals surface area contributed by atoms with Crippen molar-refractivity contribution >= 4 is 46.4 Å². The number of nitrogens with zero attached hydrogens (tertiary/aromatic N) is 2. The van der Waals surface area contributed by atoms with E-state index in [1.54, 1.807) is 12.1 Å². The molecule has 28 heavy (non-hydrogen) atoms. The summed E-state index contributed by atoms with van der Waals surface area (Å²) in [6, 6.07) is 13.2. The van der Waals surface area contributed by atoms with Gasteiger partial charge in [0, 0.05) is 30.8 Å². The van der Waals surface area contributed by atoms with Crippen molar-refractivity contribution in [1.29, 1.82) is 0 Å². The van der Waals surface area contributed by atoms with E-state index in [9.17, 15) is 9.59 Å². The van der Waals surface area contributed by atoms with Crippen LogP contribution in [-0.2, 0) is 9.59 Å². The number of benzene rings is 1. The number of carbonyl (C=O) groups is 2. The maximum absolute atomic E-state index is 12.7. The first-order chi connectivity index (χ1) is 13.5. The minimum absolute atomic E-state index is 0.0250. The summed E-state index contributed by atoms with van der Waals surface area (Å²) in [6.45, 7) is 4.41. The summed E-state index contributed by atoms with van der Waals surface area (Å²) < 4.78 is 11.6. The van der Waals surface area contributed by atoms with Gasteiger partial charge in [-0.1, -0.05) is 30.3 Å². The molecule has 0 atom stereocenters. The summed E-state index contributed by atoms with van der Waals surface area (Å²) in [4.78, 5) is 28.2. The van der Waals surface area contributed by atoms with E-state index >= 15 is 0 Å². The quantitative estimate of drug-likeness (QED) is 0.379. The molecule has 0 radical (unpaired) electrons. The molecule has 0 spiro atoms. The Hall–Kier alpha value is -3.19. The second-order valence-corrected chi connectivity index (χ2v) is 6.66. The molecule has 142 valence electrons. The molecule has 1 fully saturated rings. The van der Waals surface area contributed by atoms with Crippen molar-refractivity contribution in [3.05, 3.63) is 53.8 Å². The molecule has 1 saturated heterocycles. The Balaban J connectivity index is 1.70. The molecule has 0 aliphatic carbocycles. The number of rotatable bonds is 4. The predicted octanol–water partition coefficient (Wildman–Crippen LogP) is 4.07. The minimum Gasteiger partial charge on any atom is -0.453 e. The van der Waals surface area contributed by atoms with Crippen molar-refractivity contribution in [2.45, 2.75) is 13.8 Å². The van der Waals surface area contributed by atoms with Crippen LogP contribution in [-0.4, -0.2) is 39.8 Å². The van der Waals surface area contributed by atoms with Crippen LogP contribution in [0.4, 0.5) is 0 Å². The van der Waals surface area contributed by atoms with Crippen LogP contribution < -0.4 is 0 Å². The molecule has 7 heteroatoms. The number of likely N-dealkylation sites (N-methyl/N-ethyl adjacent to an activating group) is 2. The molecule has 6 nitrogen and oxygen atoms in total. The number of hydrogen-bond acceptors (Lipinski definition) is 5. The summed E-state index contributed by atoms with van der Waals surface area (Å²) in [5.41, 5.74) is 2.07. The van der Waals surface area contributed by atoms with E-state index in [2.05, 4.69) is 0 Å². The summed E-state index contributed by atoms with van der Waals surface area (Å²) >= 11 is 5.26. The summed E-state index contributed by atoms with van der Waals surface area (Å²) in [6.07, 6.45) is 1.45. The smallest absolute Gasteiger partial charge is 0.265 e. The van der Waals surface area contributed by atoms with Crippen LogP contribution >= 0.6 is 12.2 Å². The lowest BCUT2D eigenvalue weighted by Gasteiger charge is -2.35. The molecule has 1 aliphatic heterocycles. The second kappa shape index (κ2) is 7.09. The Kier molecular flexibility index (Phi) is 4.60. The van der Waals surface area contributed by atoms with E-state index < -0.39 is 11.8 Å². The van der Waals surface area contributed by atoms with Gasteiger partial charge in [0.05, 0.1) is 0 Å². The van der Waals surface area contributed by atoms with Crippen LogP contribution in [0, 0.1) is 0 Å². The van der Waals surface area contributed by atoms with Crippen molar-refractivity contribution in [3.8, 4) is 11.3 Å². The largest absolute Gasteiger partial charge is 0.453 e. The lowest BCUT2D eigenvalue weighted by atomic mass is 10.1. The number of hydrogen-bond donors (Lipinski definition) is 0. The van der Waals surface area contributed by atoms with Crippen LogP contribution in [0.3, 0.4) is 0 Å². The fraction of sp³-hybridized carbons (Fsp3) is 0.190. The van der Waals surface area contributed by atoms with Crippen molar-refractivity contribution in [3.63, 3.8) is 0 Å². The van der Waals surface area contributed by atoms with E-state index in [-0.39, 0.29) is 10.7 Å². The molecule has 2 aromatic heterocycles. The van der Waals surface area contributed by atoms with Gasteiger partial charge < -0.3 is 8.83 Å². The molecular formula is C21H18N2O4S. The van der Waals surface area contributed by atoms with Crippen LogP contribution in [0.15, 0.2) is 56.9 Å². The van der Waals surface area contributed by atoms with E-state index in [1.165, 1.54) is 15.9 Å². The third-order valence-corrected chi connectivity index (χ3v) is 5.06. The van der Waals surface area contributed by atoms with Gasteiger partial charge in [0.1, 0.15) is 17.1 Å². The molecule has 0 N–H and O–H groups in total. The highest BCUT2D eigenvalue weighted by Crippen LogP contribution is 2.31. The summed E-state index contributed by atoms with van der Waals surface area (Å²) in [5.74, 6) is 0.239. The highest BCUT2D eigenvalue weighted by Gasteiger charge is 2.38. The van der Waals surface area contributed by atoms with E-state index in [0.29, 0.717) is 35.8 Å². The highest BCUT2D eigenvalue weighted by atomic mass is 32.1. The lowest BCUT2D eigenvalue weighted by molar-refractivity contribution is -0.133. The van der Waals surface area contributed by atoms with Crippen molar-refractivity contribution in [2.75, 3.05) is 13.1 Å². The van der Waals surface area contributed by atoms with E-state index in [1.807, 2.05) is 44.2 Å². The molecule has 0 saturated carbocycles. The van der Waals surface area contributed by atoms with Gasteiger partial charge in [0.25, 0.3) is 11.8 Å². The number of thiocarbonyl (C=S) groups is 1. The van der Waals surface area contributed by atoms with Crippen molar-refractivity contribution in [1.82, 2.24) is 9.80 Å². The van der Waals surface area contributed by atoms with Crippen LogP contribution in [0.1, 0.15) is 19.6 Å². The number of carbonyl (C=O) groups excluding carboxylic acids is 2. The molecule has 3 aromatic rings. The minimum atomic E-state index is -0.416. The normalized spacial score (nSPS) is 15.1.